The summed E-state index contributed by atoms with van der Waals surface area (Å²) in [5, 5.41) is 30.5. The zero-order chi connectivity index (χ0) is 15.3. The number of nitro benzene ring substituents is 1. The average molecular weight is 300 g/mol. The Balaban J connectivity index is 2.95. The Labute approximate surface area is 117 Å². The number of amides is 1. The highest BCUT2D eigenvalue weighted by molar-refractivity contribution is 7.98. The van der Waals surface area contributed by atoms with Gasteiger partial charge in [0.1, 0.15) is 5.56 Å². The van der Waals surface area contributed by atoms with Crippen LogP contribution < -0.4 is 5.32 Å². The molecule has 0 aliphatic heterocycles. The second-order valence-corrected chi connectivity index (χ2v) is 4.58. The molecule has 3 N–H and O–H groups in total. The molecule has 0 saturated heterocycles. The first-order valence-corrected chi connectivity index (χ1v) is 6.60. The number of aliphatic carboxylic acids is 1. The topological polar surface area (TPSA) is 130 Å². The smallest absolute Gasteiger partial charge is 0.334 e. The summed E-state index contributed by atoms with van der Waals surface area (Å²) in [6.07, 6.45) is -0.0152. The number of nitrogens with one attached hydrogen (secondary N) is 1. The fraction of sp³-hybridized carbons (Fsp3) is 0.273. The van der Waals surface area contributed by atoms with Crippen LogP contribution in [0.1, 0.15) is 10.4 Å². The average Bonchev–Trinajstić information content (AvgIpc) is 2.43. The minimum absolute atomic E-state index is 0.181. The quantitative estimate of drug-likeness (QED) is 0.396. The predicted molar refractivity (Wildman–Crippen MR) is 70.9 cm³/mol. The summed E-state index contributed by atoms with van der Waals surface area (Å²) in [5.41, 5.74) is -0.565. The van der Waals surface area contributed by atoms with Crippen LogP contribution in [0.2, 0.25) is 0 Å². The minimum Gasteiger partial charge on any atom is -0.479 e. The number of hydrogen-bond donors (Lipinski definition) is 3. The molecule has 0 aliphatic carbocycles. The van der Waals surface area contributed by atoms with Crippen LogP contribution >= 0.6 is 11.8 Å². The second kappa shape index (κ2) is 6.87. The molecule has 0 radical (unpaired) electrons. The molecule has 20 heavy (non-hydrogen) atoms. The van der Waals surface area contributed by atoms with E-state index in [1.807, 2.05) is 0 Å². The van der Waals surface area contributed by atoms with Gasteiger partial charge in [-0.15, -0.1) is 11.8 Å². The van der Waals surface area contributed by atoms with Crippen LogP contribution in [0.5, 0.6) is 0 Å². The Morgan fingerprint density at radius 1 is 1.50 bits per heavy atom. The zero-order valence-corrected chi connectivity index (χ0v) is 11.2. The van der Waals surface area contributed by atoms with Gasteiger partial charge >= 0.3 is 5.97 Å². The van der Waals surface area contributed by atoms with Crippen LogP contribution in [0, 0.1) is 10.1 Å². The summed E-state index contributed by atoms with van der Waals surface area (Å²) in [6.45, 7) is -0.533. The largest absolute Gasteiger partial charge is 0.479 e. The maximum atomic E-state index is 11.8. The Kier molecular flexibility index (Phi) is 5.47. The SMILES string of the molecule is CSc1ccc([N+](=O)[O-])c(C(=O)NC[C@H](O)C(=O)O)c1. The third-order valence-corrected chi connectivity index (χ3v) is 3.11. The number of nitro groups is 1. The Morgan fingerprint density at radius 2 is 2.15 bits per heavy atom. The molecule has 1 amide bonds. The van der Waals surface area contributed by atoms with E-state index < -0.39 is 29.4 Å². The van der Waals surface area contributed by atoms with E-state index >= 15 is 0 Å². The molecule has 0 unspecified atom stereocenters. The number of carbonyl (C=O) groups excluding carboxylic acids is 1. The number of carboxylic acid groups (broad SMARTS) is 1. The van der Waals surface area contributed by atoms with E-state index in [1.54, 1.807) is 6.26 Å². The molecule has 0 aliphatic rings. The standard InChI is InChI=1S/C11H12N2O6S/c1-20-6-2-3-8(13(18)19)7(4-6)10(15)12-5-9(14)11(16)17/h2-4,9,14H,5H2,1H3,(H,12,15)(H,16,17)/t9-/m0/s1. The van der Waals surface area contributed by atoms with Crippen molar-refractivity contribution >= 4 is 29.3 Å². The first-order chi connectivity index (χ1) is 9.36. The molecule has 0 saturated carbocycles. The van der Waals surface area contributed by atoms with E-state index in [-0.39, 0.29) is 11.3 Å². The number of thioether (sulfide) groups is 1. The van der Waals surface area contributed by atoms with Crippen LogP contribution in [0.15, 0.2) is 23.1 Å². The third kappa shape index (κ3) is 3.93. The molecule has 0 heterocycles. The lowest BCUT2D eigenvalue weighted by Crippen LogP contribution is -2.36. The van der Waals surface area contributed by atoms with Gasteiger partial charge in [-0.25, -0.2) is 4.79 Å². The number of carboxylic acids is 1. The normalized spacial score (nSPS) is 11.7. The second-order valence-electron chi connectivity index (χ2n) is 3.70. The van der Waals surface area contributed by atoms with Gasteiger partial charge in [0.25, 0.3) is 11.6 Å². The van der Waals surface area contributed by atoms with Crippen molar-refractivity contribution < 1.29 is 24.7 Å². The number of aliphatic hydroxyl groups excluding tert-OH is 1. The summed E-state index contributed by atoms with van der Waals surface area (Å²) in [4.78, 5) is 33.0. The Morgan fingerprint density at radius 3 is 2.65 bits per heavy atom. The van der Waals surface area contributed by atoms with Gasteiger partial charge in [0.05, 0.1) is 11.5 Å². The number of nitrogens with zero attached hydrogens (tertiary/aromatic N) is 1. The van der Waals surface area contributed by atoms with Crippen molar-refractivity contribution in [3.8, 4) is 0 Å². The van der Waals surface area contributed by atoms with E-state index in [0.29, 0.717) is 4.90 Å². The van der Waals surface area contributed by atoms with Gasteiger partial charge in [-0.05, 0) is 18.4 Å². The molecule has 108 valence electrons. The monoisotopic (exact) mass is 300 g/mol. The number of rotatable bonds is 6. The molecule has 0 bridgehead atoms. The van der Waals surface area contributed by atoms with Gasteiger partial charge < -0.3 is 15.5 Å². The predicted octanol–water partition coefficient (Wildman–Crippen LogP) is 0.492. The molecule has 8 nitrogen and oxygen atoms in total. The molecular weight excluding hydrogens is 288 g/mol. The lowest BCUT2D eigenvalue weighted by molar-refractivity contribution is -0.385. The molecule has 0 spiro atoms. The number of benzene rings is 1. The molecule has 0 aromatic heterocycles. The molecular formula is C11H12N2O6S. The van der Waals surface area contributed by atoms with Crippen molar-refractivity contribution in [3.05, 3.63) is 33.9 Å². The van der Waals surface area contributed by atoms with Gasteiger partial charge in [-0.2, -0.15) is 0 Å². The summed E-state index contributed by atoms with van der Waals surface area (Å²) in [6, 6.07) is 4.05. The molecule has 1 aromatic carbocycles. The maximum Gasteiger partial charge on any atom is 0.334 e. The lowest BCUT2D eigenvalue weighted by atomic mass is 10.1. The van der Waals surface area contributed by atoms with Crippen molar-refractivity contribution in [3.63, 3.8) is 0 Å². The van der Waals surface area contributed by atoms with Gasteiger partial charge in [-0.1, -0.05) is 0 Å². The van der Waals surface area contributed by atoms with E-state index in [1.165, 1.54) is 30.0 Å². The van der Waals surface area contributed by atoms with Crippen LogP contribution in [0.4, 0.5) is 5.69 Å². The molecule has 1 rings (SSSR count). The molecule has 1 aromatic rings. The number of carbonyl (C=O) groups is 2. The lowest BCUT2D eigenvalue weighted by Gasteiger charge is -2.09. The van der Waals surface area contributed by atoms with Crippen molar-refractivity contribution in [2.24, 2.45) is 0 Å². The highest BCUT2D eigenvalue weighted by Gasteiger charge is 2.22. The van der Waals surface area contributed by atoms with Gasteiger partial charge in [-0.3, -0.25) is 14.9 Å². The Bertz CT molecular complexity index is 548. The molecule has 9 heteroatoms. The van der Waals surface area contributed by atoms with Gasteiger partial charge in [0, 0.05) is 11.0 Å². The van der Waals surface area contributed by atoms with Crippen LogP contribution in [-0.4, -0.2) is 45.9 Å². The van der Waals surface area contributed by atoms with E-state index in [2.05, 4.69) is 5.32 Å². The first-order valence-electron chi connectivity index (χ1n) is 5.38. The van der Waals surface area contributed by atoms with E-state index in [0.717, 1.165) is 0 Å². The highest BCUT2D eigenvalue weighted by Crippen LogP contribution is 2.24. The number of aliphatic hydroxyl groups is 1. The molecule has 1 atom stereocenters. The van der Waals surface area contributed by atoms with Crippen molar-refractivity contribution in [2.75, 3.05) is 12.8 Å². The first kappa shape index (κ1) is 15.9. The zero-order valence-electron chi connectivity index (χ0n) is 10.4. The Hall–Kier alpha value is -2.13. The number of hydrogen-bond acceptors (Lipinski definition) is 6. The minimum atomic E-state index is -1.76. The highest BCUT2D eigenvalue weighted by atomic mass is 32.2. The van der Waals surface area contributed by atoms with Crippen molar-refractivity contribution in [1.82, 2.24) is 5.32 Å². The van der Waals surface area contributed by atoms with Crippen LogP contribution in [-0.2, 0) is 4.79 Å². The van der Waals surface area contributed by atoms with Crippen LogP contribution in [0.3, 0.4) is 0 Å². The van der Waals surface area contributed by atoms with Gasteiger partial charge in [0.2, 0.25) is 0 Å². The fourth-order valence-corrected chi connectivity index (χ4v) is 1.79. The summed E-state index contributed by atoms with van der Waals surface area (Å²) < 4.78 is 0. The molecule has 0 fully saturated rings. The summed E-state index contributed by atoms with van der Waals surface area (Å²) in [5.74, 6) is -2.30. The fourth-order valence-electron chi connectivity index (χ4n) is 1.36. The van der Waals surface area contributed by atoms with E-state index in [4.69, 9.17) is 10.2 Å². The van der Waals surface area contributed by atoms with E-state index in [9.17, 15) is 19.7 Å². The van der Waals surface area contributed by atoms with Gasteiger partial charge in [0.15, 0.2) is 6.10 Å². The maximum absolute atomic E-state index is 11.8. The third-order valence-electron chi connectivity index (χ3n) is 2.39. The summed E-state index contributed by atoms with van der Waals surface area (Å²) in [7, 11) is 0. The van der Waals surface area contributed by atoms with Crippen molar-refractivity contribution in [1.29, 1.82) is 0 Å². The van der Waals surface area contributed by atoms with Crippen molar-refractivity contribution in [2.45, 2.75) is 11.0 Å². The summed E-state index contributed by atoms with van der Waals surface area (Å²) >= 11 is 1.30. The van der Waals surface area contributed by atoms with Crippen LogP contribution in [0.25, 0.3) is 0 Å².